The monoisotopic (exact) mass is 646 g/mol. The van der Waals surface area contributed by atoms with Gasteiger partial charge < -0.3 is 33.9 Å². The van der Waals surface area contributed by atoms with Crippen molar-refractivity contribution >= 4 is 17.9 Å². The van der Waals surface area contributed by atoms with Crippen molar-refractivity contribution in [3.63, 3.8) is 0 Å². The molecule has 1 aliphatic rings. The highest BCUT2D eigenvalue weighted by Crippen LogP contribution is 2.31. The zero-order valence-electron chi connectivity index (χ0n) is 26.8. The molecule has 0 spiro atoms. The lowest BCUT2D eigenvalue weighted by atomic mass is 10.1. The van der Waals surface area contributed by atoms with E-state index in [1.54, 1.807) is 24.3 Å². The van der Waals surface area contributed by atoms with Gasteiger partial charge >= 0.3 is 17.9 Å². The van der Waals surface area contributed by atoms with Gasteiger partial charge in [-0.05, 0) is 43.0 Å². The van der Waals surface area contributed by atoms with Crippen molar-refractivity contribution in [2.24, 2.45) is 5.92 Å². The number of carbonyl (C=O) groups is 3. The van der Waals surface area contributed by atoms with Gasteiger partial charge in [-0.2, -0.15) is 0 Å². The average Bonchev–Trinajstić information content (AvgIpc) is 3.44. The molecule has 46 heavy (non-hydrogen) atoms. The number of hydrogen-bond donors (Lipinski definition) is 2. The number of ether oxygens (including phenoxy) is 5. The van der Waals surface area contributed by atoms with Gasteiger partial charge in [0.25, 0.3) is 0 Å². The molecular formula is C32H46N4O10. The van der Waals surface area contributed by atoms with Crippen molar-refractivity contribution in [3.8, 4) is 0 Å². The molecule has 1 saturated carbocycles. The lowest BCUT2D eigenvalue weighted by molar-refractivity contribution is -0.142. The first-order valence-electron chi connectivity index (χ1n) is 15.4. The summed E-state index contributed by atoms with van der Waals surface area (Å²) >= 11 is 0. The third kappa shape index (κ3) is 12.3. The van der Waals surface area contributed by atoms with Gasteiger partial charge in [0.2, 0.25) is 0 Å². The second-order valence-corrected chi connectivity index (χ2v) is 11.0. The fourth-order valence-corrected chi connectivity index (χ4v) is 5.30. The third-order valence-electron chi connectivity index (χ3n) is 7.55. The zero-order chi connectivity index (χ0) is 33.3. The summed E-state index contributed by atoms with van der Waals surface area (Å²) in [5.41, 5.74) is 1.76. The first kappa shape index (κ1) is 36.9. The van der Waals surface area contributed by atoms with Crippen LogP contribution in [0.5, 0.6) is 0 Å². The van der Waals surface area contributed by atoms with Gasteiger partial charge in [0.15, 0.2) is 0 Å². The van der Waals surface area contributed by atoms with E-state index in [1.807, 2.05) is 21.9 Å². The number of methoxy groups -OCH3 is 2. The van der Waals surface area contributed by atoms with Gasteiger partial charge in [-0.3, -0.25) is 14.6 Å². The van der Waals surface area contributed by atoms with Crippen molar-refractivity contribution in [1.82, 2.24) is 19.8 Å². The molecular weight excluding hydrogens is 600 g/mol. The minimum Gasteiger partial charge on any atom is -0.466 e. The number of esters is 3. The fourth-order valence-electron chi connectivity index (χ4n) is 5.30. The van der Waals surface area contributed by atoms with Gasteiger partial charge in [0.05, 0.1) is 70.8 Å². The van der Waals surface area contributed by atoms with Crippen LogP contribution in [0.1, 0.15) is 52.1 Å². The van der Waals surface area contributed by atoms with E-state index in [-0.39, 0.29) is 55.3 Å². The molecule has 2 aromatic rings. The van der Waals surface area contributed by atoms with E-state index < -0.39 is 11.9 Å². The summed E-state index contributed by atoms with van der Waals surface area (Å²) in [6.45, 7) is 4.90. The second-order valence-electron chi connectivity index (χ2n) is 11.0. The average molecular weight is 647 g/mol. The van der Waals surface area contributed by atoms with Crippen LogP contribution in [-0.4, -0.2) is 134 Å². The summed E-state index contributed by atoms with van der Waals surface area (Å²) in [5, 5.41) is 19.3. The molecule has 2 unspecified atom stereocenters. The van der Waals surface area contributed by atoms with E-state index in [2.05, 4.69) is 9.97 Å². The molecule has 0 bridgehead atoms. The van der Waals surface area contributed by atoms with E-state index in [0.717, 1.165) is 0 Å². The number of pyridine rings is 2. The van der Waals surface area contributed by atoms with Crippen LogP contribution >= 0.6 is 0 Å². The van der Waals surface area contributed by atoms with E-state index in [1.165, 1.54) is 21.1 Å². The fraction of sp³-hybridized carbons (Fsp3) is 0.594. The molecule has 1 fully saturated rings. The van der Waals surface area contributed by atoms with Crippen LogP contribution in [0.15, 0.2) is 36.4 Å². The molecule has 2 N–H and O–H groups in total. The number of rotatable bonds is 20. The van der Waals surface area contributed by atoms with E-state index in [0.29, 0.717) is 76.7 Å². The van der Waals surface area contributed by atoms with Crippen LogP contribution in [-0.2, 0) is 41.6 Å². The predicted molar refractivity (Wildman–Crippen MR) is 165 cm³/mol. The van der Waals surface area contributed by atoms with Crippen molar-refractivity contribution in [3.05, 3.63) is 59.2 Å². The lowest BCUT2D eigenvalue weighted by Gasteiger charge is -2.26. The molecule has 2 aromatic heterocycles. The molecule has 14 nitrogen and oxygen atoms in total. The van der Waals surface area contributed by atoms with Gasteiger partial charge in [0.1, 0.15) is 11.4 Å². The molecule has 254 valence electrons. The van der Waals surface area contributed by atoms with Crippen molar-refractivity contribution < 1.29 is 48.3 Å². The SMILES string of the molecule is COC(=O)c1cccc(CN(CCO)CCOC2CC(COC(C)=O)CC2OCCN(CCO)Cc2cccc(C(=O)OC)n2)n1. The molecule has 0 saturated heterocycles. The maximum absolute atomic E-state index is 11.9. The quantitative estimate of drug-likeness (QED) is 0.155. The Labute approximate surface area is 269 Å². The van der Waals surface area contributed by atoms with E-state index in [9.17, 15) is 24.6 Å². The lowest BCUT2D eigenvalue weighted by Crippen LogP contribution is -2.35. The van der Waals surface area contributed by atoms with E-state index in [4.69, 9.17) is 23.7 Å². The van der Waals surface area contributed by atoms with Crippen LogP contribution in [0.25, 0.3) is 0 Å². The number of aromatic nitrogens is 2. The van der Waals surface area contributed by atoms with Crippen LogP contribution < -0.4 is 0 Å². The maximum Gasteiger partial charge on any atom is 0.356 e. The molecule has 14 heteroatoms. The van der Waals surface area contributed by atoms with Crippen LogP contribution in [0.2, 0.25) is 0 Å². The summed E-state index contributed by atoms with van der Waals surface area (Å²) in [6.07, 6.45) is 0.848. The summed E-state index contributed by atoms with van der Waals surface area (Å²) in [4.78, 5) is 47.9. The second kappa shape index (κ2) is 19.9. The van der Waals surface area contributed by atoms with Crippen molar-refractivity contribution in [2.75, 3.05) is 73.4 Å². The van der Waals surface area contributed by atoms with Gasteiger partial charge in [-0.1, -0.05) is 12.1 Å². The number of carbonyl (C=O) groups excluding carboxylic acids is 3. The first-order chi connectivity index (χ1) is 22.3. The number of aliphatic hydroxyl groups excluding tert-OH is 2. The Balaban J connectivity index is 1.57. The molecule has 0 amide bonds. The number of nitrogens with zero attached hydrogens (tertiary/aromatic N) is 4. The van der Waals surface area contributed by atoms with Gasteiger partial charge in [-0.15, -0.1) is 0 Å². The standard InChI is InChI=1S/C32H46N4O10/c1-23(39)46-22-24-18-29(44-16-12-35(10-14-37)20-25-6-4-8-27(33-25)31(40)42-2)30(19-24)45-17-13-36(11-15-38)21-26-7-5-9-28(34-26)32(41)43-3/h4-9,24,29-30,37-38H,10-22H2,1-3H3. The maximum atomic E-state index is 11.9. The topological polar surface area (TPSA) is 170 Å². The molecule has 3 rings (SSSR count). The Kier molecular flexibility index (Phi) is 16.0. The number of aliphatic hydroxyl groups is 2. The Hall–Kier alpha value is -3.53. The Morgan fingerprint density at radius 1 is 0.761 bits per heavy atom. The minimum absolute atomic E-state index is 0.0524. The summed E-state index contributed by atoms with van der Waals surface area (Å²) in [7, 11) is 2.61. The normalized spacial score (nSPS) is 17.8. The van der Waals surface area contributed by atoms with Crippen LogP contribution in [0, 0.1) is 5.92 Å². The zero-order valence-corrected chi connectivity index (χ0v) is 26.8. The third-order valence-corrected chi connectivity index (χ3v) is 7.55. The highest BCUT2D eigenvalue weighted by atomic mass is 16.5. The summed E-state index contributed by atoms with van der Waals surface area (Å²) in [5.74, 6) is -1.29. The van der Waals surface area contributed by atoms with Gasteiger partial charge in [-0.25, -0.2) is 19.6 Å². The highest BCUT2D eigenvalue weighted by molar-refractivity contribution is 5.87. The predicted octanol–water partition coefficient (Wildman–Crippen LogP) is 1.08. The largest absolute Gasteiger partial charge is 0.466 e. The molecule has 2 atom stereocenters. The molecule has 1 aliphatic carbocycles. The smallest absolute Gasteiger partial charge is 0.356 e. The minimum atomic E-state index is -0.515. The van der Waals surface area contributed by atoms with Gasteiger partial charge in [0, 0.05) is 46.2 Å². The summed E-state index contributed by atoms with van der Waals surface area (Å²) in [6, 6.07) is 10.3. The Morgan fingerprint density at radius 2 is 1.22 bits per heavy atom. The molecule has 2 heterocycles. The van der Waals surface area contributed by atoms with E-state index >= 15 is 0 Å². The Bertz CT molecular complexity index is 1160. The van der Waals surface area contributed by atoms with Crippen LogP contribution in [0.4, 0.5) is 0 Å². The first-order valence-corrected chi connectivity index (χ1v) is 15.4. The summed E-state index contributed by atoms with van der Waals surface area (Å²) < 4.78 is 27.4. The van der Waals surface area contributed by atoms with Crippen molar-refractivity contribution in [1.29, 1.82) is 0 Å². The highest BCUT2D eigenvalue weighted by Gasteiger charge is 2.36. The molecule has 0 aromatic carbocycles. The Morgan fingerprint density at radius 3 is 1.61 bits per heavy atom. The molecule has 0 aliphatic heterocycles. The molecule has 0 radical (unpaired) electrons. The number of hydrogen-bond acceptors (Lipinski definition) is 14. The van der Waals surface area contributed by atoms with Crippen LogP contribution in [0.3, 0.4) is 0 Å². The van der Waals surface area contributed by atoms with Crippen molar-refractivity contribution in [2.45, 2.75) is 45.1 Å².